The van der Waals surface area contributed by atoms with Gasteiger partial charge in [-0.3, -0.25) is 0 Å². The summed E-state index contributed by atoms with van der Waals surface area (Å²) in [6, 6.07) is 8.17. The normalized spacial score (nSPS) is 18.2. The molecular formula is C14H21NO. The molecule has 0 atom stereocenters. The number of hydrogen-bond donors (Lipinski definition) is 2. The predicted octanol–water partition coefficient (Wildman–Crippen LogP) is 3.20. The van der Waals surface area contributed by atoms with Crippen LogP contribution in [0.25, 0.3) is 0 Å². The van der Waals surface area contributed by atoms with Gasteiger partial charge in [0.1, 0.15) is 5.75 Å². The van der Waals surface area contributed by atoms with Crippen molar-refractivity contribution in [3.63, 3.8) is 0 Å². The zero-order chi connectivity index (χ0) is 11.2. The van der Waals surface area contributed by atoms with Gasteiger partial charge in [0.25, 0.3) is 0 Å². The van der Waals surface area contributed by atoms with Crippen LogP contribution in [0.5, 0.6) is 5.75 Å². The van der Waals surface area contributed by atoms with Crippen LogP contribution in [0.4, 0.5) is 0 Å². The average molecular weight is 219 g/mol. The largest absolute Gasteiger partial charge is 0.508 e. The number of phenolic OH excluding ortho intramolecular Hbond substituents is 1. The first-order valence-electron chi connectivity index (χ1n) is 6.36. The van der Waals surface area contributed by atoms with E-state index in [1.54, 1.807) is 12.1 Å². The van der Waals surface area contributed by atoms with Gasteiger partial charge in [-0.1, -0.05) is 37.8 Å². The number of hydrogen-bond acceptors (Lipinski definition) is 2. The fraction of sp³-hybridized carbons (Fsp3) is 0.571. The molecule has 16 heavy (non-hydrogen) atoms. The van der Waals surface area contributed by atoms with Gasteiger partial charge in [-0.25, -0.2) is 0 Å². The highest BCUT2D eigenvalue weighted by atomic mass is 16.3. The van der Waals surface area contributed by atoms with Crippen LogP contribution in [0, 0.1) is 0 Å². The van der Waals surface area contributed by atoms with Crippen LogP contribution in [0.3, 0.4) is 0 Å². The van der Waals surface area contributed by atoms with E-state index < -0.39 is 0 Å². The first kappa shape index (κ1) is 11.5. The van der Waals surface area contributed by atoms with Crippen molar-refractivity contribution in [2.24, 2.45) is 0 Å². The number of phenols is 1. The highest BCUT2D eigenvalue weighted by Crippen LogP contribution is 2.18. The number of benzene rings is 1. The van der Waals surface area contributed by atoms with E-state index in [0.717, 1.165) is 6.54 Å². The predicted molar refractivity (Wildman–Crippen MR) is 66.4 cm³/mol. The molecule has 0 aromatic heterocycles. The third-order valence-corrected chi connectivity index (χ3v) is 3.39. The van der Waals surface area contributed by atoms with Crippen molar-refractivity contribution in [3.05, 3.63) is 29.8 Å². The molecule has 0 unspecified atom stereocenters. The molecule has 2 nitrogen and oxygen atoms in total. The third-order valence-electron chi connectivity index (χ3n) is 3.39. The summed E-state index contributed by atoms with van der Waals surface area (Å²) < 4.78 is 0. The van der Waals surface area contributed by atoms with E-state index in [1.807, 2.05) is 12.1 Å². The van der Waals surface area contributed by atoms with Gasteiger partial charge in [0.15, 0.2) is 0 Å². The van der Waals surface area contributed by atoms with Crippen molar-refractivity contribution in [1.82, 2.24) is 5.32 Å². The molecule has 2 N–H and O–H groups in total. The van der Waals surface area contributed by atoms with Crippen molar-refractivity contribution < 1.29 is 5.11 Å². The molecule has 2 heteroatoms. The van der Waals surface area contributed by atoms with E-state index in [9.17, 15) is 5.11 Å². The third kappa shape index (κ3) is 3.53. The monoisotopic (exact) mass is 219 g/mol. The summed E-state index contributed by atoms with van der Waals surface area (Å²) in [6.45, 7) is 0.922. The fourth-order valence-electron chi connectivity index (χ4n) is 2.36. The average Bonchev–Trinajstić information content (AvgIpc) is 2.57. The Kier molecular flexibility index (Phi) is 4.23. The van der Waals surface area contributed by atoms with Crippen LogP contribution >= 0.6 is 0 Å². The summed E-state index contributed by atoms with van der Waals surface area (Å²) in [5.74, 6) is 0.346. The highest BCUT2D eigenvalue weighted by Gasteiger charge is 2.10. The molecule has 0 spiro atoms. The lowest BCUT2D eigenvalue weighted by Gasteiger charge is -2.16. The number of aromatic hydroxyl groups is 1. The first-order chi connectivity index (χ1) is 7.84. The molecule has 1 aromatic carbocycles. The smallest absolute Gasteiger partial charge is 0.115 e. The second kappa shape index (κ2) is 5.90. The van der Waals surface area contributed by atoms with Gasteiger partial charge in [-0.05, 0) is 30.5 Å². The maximum absolute atomic E-state index is 9.19. The van der Waals surface area contributed by atoms with E-state index in [0.29, 0.717) is 11.8 Å². The summed E-state index contributed by atoms with van der Waals surface area (Å²) in [7, 11) is 0. The molecule has 88 valence electrons. The Hall–Kier alpha value is -1.02. The van der Waals surface area contributed by atoms with E-state index >= 15 is 0 Å². The second-order valence-electron chi connectivity index (χ2n) is 4.74. The van der Waals surface area contributed by atoms with Gasteiger partial charge in [0.05, 0.1) is 0 Å². The molecule has 0 saturated heterocycles. The Balaban J connectivity index is 1.79. The maximum Gasteiger partial charge on any atom is 0.115 e. The van der Waals surface area contributed by atoms with E-state index in [1.165, 1.54) is 44.1 Å². The molecule has 1 saturated carbocycles. The van der Waals surface area contributed by atoms with Gasteiger partial charge in [0.2, 0.25) is 0 Å². The zero-order valence-corrected chi connectivity index (χ0v) is 9.78. The van der Waals surface area contributed by atoms with Gasteiger partial charge in [0, 0.05) is 12.6 Å². The van der Waals surface area contributed by atoms with Gasteiger partial charge in [-0.2, -0.15) is 0 Å². The van der Waals surface area contributed by atoms with Gasteiger partial charge in [-0.15, -0.1) is 0 Å². The second-order valence-corrected chi connectivity index (χ2v) is 4.74. The molecule has 1 aliphatic rings. The Labute approximate surface area is 97.7 Å². The topological polar surface area (TPSA) is 32.3 Å². The summed E-state index contributed by atoms with van der Waals surface area (Å²) >= 11 is 0. The van der Waals surface area contributed by atoms with Crippen molar-refractivity contribution in [3.8, 4) is 5.75 Å². The molecule has 0 amide bonds. The van der Waals surface area contributed by atoms with Gasteiger partial charge >= 0.3 is 0 Å². The summed E-state index contributed by atoms with van der Waals surface area (Å²) in [4.78, 5) is 0. The summed E-state index contributed by atoms with van der Waals surface area (Å²) in [6.07, 6.45) is 8.17. The van der Waals surface area contributed by atoms with E-state index in [-0.39, 0.29) is 0 Å². The van der Waals surface area contributed by atoms with Crippen molar-refractivity contribution >= 4 is 0 Å². The SMILES string of the molecule is Oc1ccc(CNC2CCCCCC2)cc1. The Bertz CT molecular complexity index is 299. The molecular weight excluding hydrogens is 198 g/mol. The molecule has 1 fully saturated rings. The van der Waals surface area contributed by atoms with Crippen LogP contribution in [-0.2, 0) is 6.54 Å². The minimum absolute atomic E-state index is 0.346. The highest BCUT2D eigenvalue weighted by molar-refractivity contribution is 5.25. The lowest BCUT2D eigenvalue weighted by Crippen LogP contribution is -2.27. The Morgan fingerprint density at radius 2 is 1.62 bits per heavy atom. The van der Waals surface area contributed by atoms with E-state index in [4.69, 9.17) is 0 Å². The van der Waals surface area contributed by atoms with Crippen LogP contribution in [0.15, 0.2) is 24.3 Å². The lowest BCUT2D eigenvalue weighted by molar-refractivity contribution is 0.457. The fourth-order valence-corrected chi connectivity index (χ4v) is 2.36. The molecule has 0 heterocycles. The number of rotatable bonds is 3. The molecule has 0 bridgehead atoms. The minimum Gasteiger partial charge on any atom is -0.508 e. The van der Waals surface area contributed by atoms with Crippen molar-refractivity contribution in [2.75, 3.05) is 0 Å². The lowest BCUT2D eigenvalue weighted by atomic mass is 10.1. The quantitative estimate of drug-likeness (QED) is 0.765. The maximum atomic E-state index is 9.19. The van der Waals surface area contributed by atoms with E-state index in [2.05, 4.69) is 5.32 Å². The molecule has 2 rings (SSSR count). The number of nitrogens with one attached hydrogen (secondary N) is 1. The van der Waals surface area contributed by atoms with Crippen LogP contribution in [0.2, 0.25) is 0 Å². The van der Waals surface area contributed by atoms with Crippen molar-refractivity contribution in [2.45, 2.75) is 51.1 Å². The zero-order valence-electron chi connectivity index (χ0n) is 9.78. The first-order valence-corrected chi connectivity index (χ1v) is 6.36. The van der Waals surface area contributed by atoms with Crippen LogP contribution < -0.4 is 5.32 Å². The Morgan fingerprint density at radius 1 is 1.00 bits per heavy atom. The summed E-state index contributed by atoms with van der Waals surface area (Å²) in [5.41, 5.74) is 1.25. The molecule has 0 aliphatic heterocycles. The minimum atomic E-state index is 0.346. The summed E-state index contributed by atoms with van der Waals surface area (Å²) in [5, 5.41) is 12.8. The molecule has 1 aromatic rings. The van der Waals surface area contributed by atoms with Crippen LogP contribution in [-0.4, -0.2) is 11.1 Å². The van der Waals surface area contributed by atoms with Crippen LogP contribution in [0.1, 0.15) is 44.1 Å². The molecule has 1 aliphatic carbocycles. The standard InChI is InChI=1S/C14H21NO/c16-14-9-7-12(8-10-14)11-15-13-5-3-1-2-4-6-13/h7-10,13,15-16H,1-6,11H2. The van der Waals surface area contributed by atoms with Gasteiger partial charge < -0.3 is 10.4 Å². The molecule has 0 radical (unpaired) electrons. The van der Waals surface area contributed by atoms with Crippen molar-refractivity contribution in [1.29, 1.82) is 0 Å². The Morgan fingerprint density at radius 3 is 2.25 bits per heavy atom.